The zero-order chi connectivity index (χ0) is 11.1. The molecule has 0 saturated carbocycles. The van der Waals surface area contributed by atoms with Gasteiger partial charge >= 0.3 is 0 Å². The molecule has 0 atom stereocenters. The van der Waals surface area contributed by atoms with Crippen molar-refractivity contribution in [3.8, 4) is 11.3 Å². The minimum atomic E-state index is -0.292. The van der Waals surface area contributed by atoms with Crippen LogP contribution in [0.1, 0.15) is 0 Å². The Kier molecular flexibility index (Phi) is 2.26. The molecule has 3 nitrogen and oxygen atoms in total. The van der Waals surface area contributed by atoms with Crippen LogP contribution in [0.25, 0.3) is 16.2 Å². The van der Waals surface area contributed by atoms with Gasteiger partial charge in [0, 0.05) is 10.0 Å². The van der Waals surface area contributed by atoms with Crippen LogP contribution in [-0.4, -0.2) is 14.6 Å². The third-order valence-corrected chi connectivity index (χ3v) is 3.38. The number of aromatic nitrogens is 3. The largest absolute Gasteiger partial charge is 0.217 e. The van der Waals surface area contributed by atoms with Crippen LogP contribution in [0.2, 0.25) is 0 Å². The Bertz CT molecular complexity index is 632. The van der Waals surface area contributed by atoms with Gasteiger partial charge in [0.15, 0.2) is 0 Å². The number of fused-ring (bicyclic) bond motifs is 1. The van der Waals surface area contributed by atoms with Gasteiger partial charge in [-0.3, -0.25) is 0 Å². The highest BCUT2D eigenvalue weighted by Gasteiger charge is 2.10. The van der Waals surface area contributed by atoms with Crippen LogP contribution in [0.15, 0.2) is 34.4 Å². The average molecular weight is 298 g/mol. The van der Waals surface area contributed by atoms with E-state index < -0.39 is 0 Å². The normalized spacial score (nSPS) is 11.1. The van der Waals surface area contributed by atoms with Crippen molar-refractivity contribution in [1.82, 2.24) is 14.6 Å². The monoisotopic (exact) mass is 297 g/mol. The second-order valence-corrected chi connectivity index (χ2v) is 4.94. The van der Waals surface area contributed by atoms with Gasteiger partial charge in [0.2, 0.25) is 4.96 Å². The van der Waals surface area contributed by atoms with Gasteiger partial charge in [0.25, 0.3) is 0 Å². The summed E-state index contributed by atoms with van der Waals surface area (Å²) >= 11 is 4.64. The summed E-state index contributed by atoms with van der Waals surface area (Å²) in [5.41, 5.74) is 2.79. The Balaban J connectivity index is 2.19. The van der Waals surface area contributed by atoms with E-state index in [-0.39, 0.29) is 5.82 Å². The second kappa shape index (κ2) is 3.64. The molecular weight excluding hydrogens is 293 g/mol. The van der Waals surface area contributed by atoms with Crippen molar-refractivity contribution in [2.45, 2.75) is 0 Å². The molecule has 0 amide bonds. The lowest BCUT2D eigenvalue weighted by Crippen LogP contribution is -1.84. The van der Waals surface area contributed by atoms with Crippen LogP contribution >= 0.6 is 27.3 Å². The molecule has 0 aliphatic carbocycles. The summed E-state index contributed by atoms with van der Waals surface area (Å²) in [7, 11) is 0. The first-order chi connectivity index (χ1) is 7.74. The summed E-state index contributed by atoms with van der Waals surface area (Å²) in [6.45, 7) is 0. The van der Waals surface area contributed by atoms with Crippen LogP contribution in [0, 0.1) is 5.82 Å². The molecule has 2 aromatic heterocycles. The molecule has 2 heterocycles. The third-order valence-electron chi connectivity index (χ3n) is 2.19. The summed E-state index contributed by atoms with van der Waals surface area (Å²) in [5, 5.41) is 4.05. The highest BCUT2D eigenvalue weighted by atomic mass is 79.9. The molecule has 80 valence electrons. The zero-order valence-corrected chi connectivity index (χ0v) is 10.3. The highest BCUT2D eigenvalue weighted by Crippen LogP contribution is 2.25. The number of rotatable bonds is 1. The molecule has 0 aliphatic rings. The van der Waals surface area contributed by atoms with Crippen molar-refractivity contribution < 1.29 is 4.39 Å². The Morgan fingerprint density at radius 3 is 3.00 bits per heavy atom. The van der Waals surface area contributed by atoms with Crippen molar-refractivity contribution in [3.63, 3.8) is 0 Å². The molecule has 0 unspecified atom stereocenters. The highest BCUT2D eigenvalue weighted by molar-refractivity contribution is 9.10. The van der Waals surface area contributed by atoms with Crippen molar-refractivity contribution in [3.05, 3.63) is 40.2 Å². The maximum atomic E-state index is 13.7. The molecule has 0 bridgehead atoms. The quantitative estimate of drug-likeness (QED) is 0.689. The van der Waals surface area contributed by atoms with Crippen LogP contribution < -0.4 is 0 Å². The average Bonchev–Trinajstić information content (AvgIpc) is 2.76. The Labute approximate surface area is 103 Å². The molecule has 0 saturated heterocycles. The van der Waals surface area contributed by atoms with Gasteiger partial charge in [-0.25, -0.2) is 13.9 Å². The van der Waals surface area contributed by atoms with Crippen LogP contribution in [0.3, 0.4) is 0 Å². The SMILES string of the molecule is Fc1cc(Br)ccc1-c1cn2ncsc2n1. The van der Waals surface area contributed by atoms with Gasteiger partial charge in [0.05, 0.1) is 11.9 Å². The molecule has 16 heavy (non-hydrogen) atoms. The van der Waals surface area contributed by atoms with Crippen LogP contribution in [-0.2, 0) is 0 Å². The Morgan fingerprint density at radius 2 is 2.25 bits per heavy atom. The van der Waals surface area contributed by atoms with E-state index in [0.717, 1.165) is 4.96 Å². The van der Waals surface area contributed by atoms with Gasteiger partial charge < -0.3 is 0 Å². The topological polar surface area (TPSA) is 30.2 Å². The minimum Gasteiger partial charge on any atom is -0.217 e. The number of imidazole rings is 1. The van der Waals surface area contributed by atoms with Gasteiger partial charge in [-0.05, 0) is 18.2 Å². The summed E-state index contributed by atoms with van der Waals surface area (Å²) < 4.78 is 16.0. The van der Waals surface area contributed by atoms with E-state index in [9.17, 15) is 4.39 Å². The first-order valence-electron chi connectivity index (χ1n) is 4.48. The molecular formula is C10H5BrFN3S. The smallest absolute Gasteiger partial charge is 0.212 e. The Hall–Kier alpha value is -1.27. The van der Waals surface area contributed by atoms with Crippen molar-refractivity contribution in [2.75, 3.05) is 0 Å². The predicted molar refractivity (Wildman–Crippen MR) is 64.0 cm³/mol. The fourth-order valence-electron chi connectivity index (χ4n) is 1.47. The number of halogens is 2. The number of nitrogens with zero attached hydrogens (tertiary/aromatic N) is 3. The molecule has 3 aromatic rings. The summed E-state index contributed by atoms with van der Waals surface area (Å²) in [6.07, 6.45) is 1.72. The van der Waals surface area contributed by atoms with Crippen molar-refractivity contribution in [1.29, 1.82) is 0 Å². The van der Waals surface area contributed by atoms with Gasteiger partial charge in [-0.15, -0.1) is 0 Å². The van der Waals surface area contributed by atoms with E-state index in [4.69, 9.17) is 0 Å². The van der Waals surface area contributed by atoms with Crippen LogP contribution in [0.4, 0.5) is 4.39 Å². The Morgan fingerprint density at radius 1 is 1.38 bits per heavy atom. The summed E-state index contributed by atoms with van der Waals surface area (Å²) in [4.78, 5) is 5.06. The summed E-state index contributed by atoms with van der Waals surface area (Å²) in [6, 6.07) is 4.92. The van der Waals surface area contributed by atoms with E-state index >= 15 is 0 Å². The van der Waals surface area contributed by atoms with Gasteiger partial charge in [-0.1, -0.05) is 27.3 Å². The number of hydrogen-bond donors (Lipinski definition) is 0. The van der Waals surface area contributed by atoms with E-state index in [1.807, 2.05) is 0 Å². The maximum absolute atomic E-state index is 13.7. The fraction of sp³-hybridized carbons (Fsp3) is 0. The van der Waals surface area contributed by atoms with Gasteiger partial charge in [-0.2, -0.15) is 5.10 Å². The predicted octanol–water partition coefficient (Wildman–Crippen LogP) is 3.36. The lowest BCUT2D eigenvalue weighted by molar-refractivity contribution is 0.630. The van der Waals surface area contributed by atoms with Crippen LogP contribution in [0.5, 0.6) is 0 Å². The number of benzene rings is 1. The molecule has 6 heteroatoms. The van der Waals surface area contributed by atoms with E-state index in [2.05, 4.69) is 26.0 Å². The molecule has 0 N–H and O–H groups in total. The van der Waals surface area contributed by atoms with E-state index in [1.54, 1.807) is 28.4 Å². The standard InChI is InChI=1S/C10H5BrFN3S/c11-6-1-2-7(8(12)3-6)9-4-15-10(14-9)16-5-13-15/h1-5H. The summed E-state index contributed by atoms with van der Waals surface area (Å²) in [5.74, 6) is -0.292. The lowest BCUT2D eigenvalue weighted by Gasteiger charge is -1.98. The first kappa shape index (κ1) is 9.92. The van der Waals surface area contributed by atoms with E-state index in [1.165, 1.54) is 17.4 Å². The lowest BCUT2D eigenvalue weighted by atomic mass is 10.1. The molecule has 1 aromatic carbocycles. The zero-order valence-electron chi connectivity index (χ0n) is 7.89. The third kappa shape index (κ3) is 1.54. The first-order valence-corrected chi connectivity index (χ1v) is 6.15. The fourth-order valence-corrected chi connectivity index (χ4v) is 2.40. The number of hydrogen-bond acceptors (Lipinski definition) is 3. The van der Waals surface area contributed by atoms with Crippen molar-refractivity contribution in [2.24, 2.45) is 0 Å². The molecule has 0 spiro atoms. The molecule has 3 rings (SSSR count). The minimum absolute atomic E-state index is 0.292. The molecule has 0 aliphatic heterocycles. The second-order valence-electron chi connectivity index (χ2n) is 3.22. The maximum Gasteiger partial charge on any atom is 0.212 e. The van der Waals surface area contributed by atoms with Gasteiger partial charge in [0.1, 0.15) is 11.3 Å². The van der Waals surface area contributed by atoms with E-state index in [0.29, 0.717) is 15.7 Å². The molecule has 0 radical (unpaired) electrons. The molecule has 0 fully saturated rings. The van der Waals surface area contributed by atoms with Crippen molar-refractivity contribution >= 4 is 32.2 Å².